The van der Waals surface area contributed by atoms with Gasteiger partial charge in [0.15, 0.2) is 5.78 Å². The van der Waals surface area contributed by atoms with Gasteiger partial charge in [0, 0.05) is 12.4 Å². The van der Waals surface area contributed by atoms with E-state index in [0.29, 0.717) is 5.57 Å². The molecular weight excluding hydrogens is 156 g/mol. The van der Waals surface area contributed by atoms with Crippen molar-refractivity contribution in [2.24, 2.45) is 4.99 Å². The maximum atomic E-state index is 11.2. The molecule has 1 amide bonds. The molecule has 0 saturated heterocycles. The second-order valence-corrected chi connectivity index (χ2v) is 2.53. The summed E-state index contributed by atoms with van der Waals surface area (Å²) in [6, 6.07) is -0.608. The molecule has 12 heavy (non-hydrogen) atoms. The normalized spacial score (nSPS) is 26.3. The Morgan fingerprint density at radius 1 is 1.42 bits per heavy atom. The zero-order chi connectivity index (χ0) is 8.55. The molecule has 0 aliphatic carbocycles. The van der Waals surface area contributed by atoms with Crippen LogP contribution in [0.4, 0.5) is 0 Å². The predicted octanol–water partition coefficient (Wildman–Crippen LogP) is -0.422. The number of nitrogens with zero attached hydrogens (tertiary/aromatic N) is 1. The maximum Gasteiger partial charge on any atom is 0.253 e. The highest BCUT2D eigenvalue weighted by molar-refractivity contribution is 6.12. The van der Waals surface area contributed by atoms with Crippen LogP contribution >= 0.6 is 0 Å². The average molecular weight is 162 g/mol. The summed E-state index contributed by atoms with van der Waals surface area (Å²) >= 11 is 0. The van der Waals surface area contributed by atoms with Crippen LogP contribution in [0.15, 0.2) is 28.9 Å². The minimum absolute atomic E-state index is 0.159. The van der Waals surface area contributed by atoms with Gasteiger partial charge in [-0.3, -0.25) is 14.6 Å². The monoisotopic (exact) mass is 162 g/mol. The van der Waals surface area contributed by atoms with Gasteiger partial charge in [0.05, 0.1) is 5.57 Å². The SMILES string of the molecule is O=C1NC=CC(=O)C2N=CC=C12. The van der Waals surface area contributed by atoms with E-state index >= 15 is 0 Å². The Kier molecular flexibility index (Phi) is 1.40. The number of rotatable bonds is 0. The lowest BCUT2D eigenvalue weighted by atomic mass is 10.1. The lowest BCUT2D eigenvalue weighted by Crippen LogP contribution is -2.25. The van der Waals surface area contributed by atoms with Crippen LogP contribution in [-0.2, 0) is 9.59 Å². The van der Waals surface area contributed by atoms with E-state index in [-0.39, 0.29) is 11.7 Å². The van der Waals surface area contributed by atoms with Gasteiger partial charge in [0.2, 0.25) is 0 Å². The summed E-state index contributed by atoms with van der Waals surface area (Å²) in [6.07, 6.45) is 5.72. The lowest BCUT2D eigenvalue weighted by Gasteiger charge is -2.03. The van der Waals surface area contributed by atoms with E-state index in [4.69, 9.17) is 0 Å². The summed E-state index contributed by atoms with van der Waals surface area (Å²) in [5.74, 6) is -0.409. The molecule has 2 aliphatic rings. The quantitative estimate of drug-likeness (QED) is 0.525. The molecule has 0 aromatic rings. The van der Waals surface area contributed by atoms with Crippen molar-refractivity contribution in [2.45, 2.75) is 6.04 Å². The summed E-state index contributed by atoms with van der Waals surface area (Å²) in [4.78, 5) is 26.3. The molecule has 2 aliphatic heterocycles. The zero-order valence-corrected chi connectivity index (χ0v) is 6.15. The Balaban J connectivity index is 2.42. The van der Waals surface area contributed by atoms with Crippen molar-refractivity contribution in [3.63, 3.8) is 0 Å². The van der Waals surface area contributed by atoms with Gasteiger partial charge in [0.25, 0.3) is 5.91 Å². The van der Waals surface area contributed by atoms with Crippen LogP contribution in [0.5, 0.6) is 0 Å². The van der Waals surface area contributed by atoms with E-state index in [1.807, 2.05) is 0 Å². The van der Waals surface area contributed by atoms with Gasteiger partial charge < -0.3 is 5.32 Å². The van der Waals surface area contributed by atoms with E-state index < -0.39 is 6.04 Å². The fourth-order valence-electron chi connectivity index (χ4n) is 1.18. The second-order valence-electron chi connectivity index (χ2n) is 2.53. The summed E-state index contributed by atoms with van der Waals surface area (Å²) in [5, 5.41) is 2.46. The standard InChI is InChI=1S/C8H6N2O2/c11-6-2-4-10-8(12)5-1-3-9-7(5)6/h1-4,7H,(H,10,12). The van der Waals surface area contributed by atoms with Crippen LogP contribution in [0.25, 0.3) is 0 Å². The molecular formula is C8H6N2O2. The lowest BCUT2D eigenvalue weighted by molar-refractivity contribution is -0.119. The molecule has 1 N–H and O–H groups in total. The van der Waals surface area contributed by atoms with Crippen LogP contribution in [0.1, 0.15) is 0 Å². The van der Waals surface area contributed by atoms with Crippen molar-refractivity contribution >= 4 is 17.9 Å². The van der Waals surface area contributed by atoms with Crippen molar-refractivity contribution in [3.8, 4) is 0 Å². The van der Waals surface area contributed by atoms with Gasteiger partial charge in [-0.15, -0.1) is 0 Å². The summed E-state index contributed by atoms with van der Waals surface area (Å²) in [5.41, 5.74) is 0.421. The first-order chi connectivity index (χ1) is 5.79. The van der Waals surface area contributed by atoms with Crippen molar-refractivity contribution in [3.05, 3.63) is 23.9 Å². The number of allylic oxidation sites excluding steroid dienone is 1. The minimum atomic E-state index is -0.608. The van der Waals surface area contributed by atoms with Gasteiger partial charge in [-0.25, -0.2) is 0 Å². The maximum absolute atomic E-state index is 11.2. The van der Waals surface area contributed by atoms with Crippen molar-refractivity contribution < 1.29 is 9.59 Å². The summed E-state index contributed by atoms with van der Waals surface area (Å²) < 4.78 is 0. The van der Waals surface area contributed by atoms with Gasteiger partial charge in [-0.2, -0.15) is 0 Å². The molecule has 1 atom stereocenters. The molecule has 0 spiro atoms. The highest BCUT2D eigenvalue weighted by Crippen LogP contribution is 2.15. The van der Waals surface area contributed by atoms with Gasteiger partial charge in [0.1, 0.15) is 6.04 Å². The fraction of sp³-hybridized carbons (Fsp3) is 0.125. The summed E-state index contributed by atoms with van der Waals surface area (Å²) in [6.45, 7) is 0. The van der Waals surface area contributed by atoms with E-state index in [1.165, 1.54) is 18.5 Å². The second kappa shape index (κ2) is 2.41. The number of ketones is 1. The van der Waals surface area contributed by atoms with Crippen molar-refractivity contribution in [1.82, 2.24) is 5.32 Å². The molecule has 4 nitrogen and oxygen atoms in total. The number of fused-ring (bicyclic) bond motifs is 1. The van der Waals surface area contributed by atoms with E-state index in [0.717, 1.165) is 0 Å². The third-order valence-corrected chi connectivity index (χ3v) is 1.78. The first-order valence-electron chi connectivity index (χ1n) is 3.53. The van der Waals surface area contributed by atoms with Crippen molar-refractivity contribution in [2.75, 3.05) is 0 Å². The van der Waals surface area contributed by atoms with E-state index in [9.17, 15) is 9.59 Å². The fourth-order valence-corrected chi connectivity index (χ4v) is 1.18. The molecule has 0 fully saturated rings. The molecule has 0 aromatic carbocycles. The number of amides is 1. The average Bonchev–Trinajstić information content (AvgIpc) is 2.47. The topological polar surface area (TPSA) is 58.5 Å². The van der Waals surface area contributed by atoms with Crippen LogP contribution in [0.2, 0.25) is 0 Å². The molecule has 0 aromatic heterocycles. The molecule has 0 saturated carbocycles. The Bertz CT molecular complexity index is 339. The molecule has 0 radical (unpaired) electrons. The Morgan fingerprint density at radius 2 is 2.25 bits per heavy atom. The largest absolute Gasteiger partial charge is 0.329 e. The predicted molar refractivity (Wildman–Crippen MR) is 42.7 cm³/mol. The van der Waals surface area contributed by atoms with E-state index in [2.05, 4.69) is 10.3 Å². The van der Waals surface area contributed by atoms with Gasteiger partial charge in [-0.05, 0) is 12.2 Å². The van der Waals surface area contributed by atoms with E-state index in [1.54, 1.807) is 6.08 Å². The van der Waals surface area contributed by atoms with Crippen LogP contribution in [0, 0.1) is 0 Å². The van der Waals surface area contributed by atoms with Crippen molar-refractivity contribution in [1.29, 1.82) is 0 Å². The van der Waals surface area contributed by atoms with Crippen LogP contribution in [0.3, 0.4) is 0 Å². The molecule has 2 heterocycles. The van der Waals surface area contributed by atoms with Gasteiger partial charge in [-0.1, -0.05) is 0 Å². The Morgan fingerprint density at radius 3 is 3.08 bits per heavy atom. The smallest absolute Gasteiger partial charge is 0.253 e. The minimum Gasteiger partial charge on any atom is -0.329 e. The first-order valence-corrected chi connectivity index (χ1v) is 3.53. The zero-order valence-electron chi connectivity index (χ0n) is 6.15. The first kappa shape index (κ1) is 6.97. The number of aliphatic imine (C=N–C) groups is 1. The molecule has 4 heteroatoms. The number of hydrogen-bond acceptors (Lipinski definition) is 3. The third-order valence-electron chi connectivity index (χ3n) is 1.78. The van der Waals surface area contributed by atoms with Gasteiger partial charge >= 0.3 is 0 Å². The summed E-state index contributed by atoms with van der Waals surface area (Å²) in [7, 11) is 0. The highest BCUT2D eigenvalue weighted by Gasteiger charge is 2.28. The van der Waals surface area contributed by atoms with Crippen LogP contribution in [-0.4, -0.2) is 23.9 Å². The molecule has 60 valence electrons. The molecule has 2 rings (SSSR count). The molecule has 1 unspecified atom stereocenters. The Hall–Kier alpha value is -1.71. The number of nitrogens with one attached hydrogen (secondary N) is 1. The number of carbonyl (C=O) groups is 2. The highest BCUT2D eigenvalue weighted by atomic mass is 16.2. The number of carbonyl (C=O) groups excluding carboxylic acids is 2. The third kappa shape index (κ3) is 0.887. The molecule has 0 bridgehead atoms. The number of hydrogen-bond donors (Lipinski definition) is 1. The van der Waals surface area contributed by atoms with Crippen LogP contribution < -0.4 is 5.32 Å². The Labute approximate surface area is 68.7 Å².